The minimum Gasteiger partial charge on any atom is -0.393 e. The number of hydrogen-bond acceptors (Lipinski definition) is 2. The summed E-state index contributed by atoms with van der Waals surface area (Å²) in [6, 6.07) is 9.85. The molecule has 3 nitrogen and oxygen atoms in total. The summed E-state index contributed by atoms with van der Waals surface area (Å²) in [6.07, 6.45) is 0.753. The van der Waals surface area contributed by atoms with Gasteiger partial charge in [0.1, 0.15) is 0 Å². The molecule has 0 heterocycles. The molecule has 18 heavy (non-hydrogen) atoms. The maximum absolute atomic E-state index is 12.7. The van der Waals surface area contributed by atoms with Crippen molar-refractivity contribution in [2.24, 2.45) is 0 Å². The zero-order valence-electron chi connectivity index (χ0n) is 11.1. The predicted octanol–water partition coefficient (Wildman–Crippen LogP) is 1.95. The monoisotopic (exact) mass is 247 g/mol. The minimum atomic E-state index is -0.493. The lowest BCUT2D eigenvalue weighted by molar-refractivity contribution is -0.145. The van der Waals surface area contributed by atoms with Gasteiger partial charge in [-0.2, -0.15) is 0 Å². The first kappa shape index (κ1) is 13.1. The lowest BCUT2D eigenvalue weighted by Crippen LogP contribution is -2.56. The van der Waals surface area contributed by atoms with Crippen molar-refractivity contribution < 1.29 is 9.90 Å². The predicted molar refractivity (Wildman–Crippen MR) is 71.3 cm³/mol. The van der Waals surface area contributed by atoms with E-state index < -0.39 is 5.41 Å². The number of hydrogen-bond donors (Lipinski definition) is 1. The smallest absolute Gasteiger partial charge is 0.233 e. The summed E-state index contributed by atoms with van der Waals surface area (Å²) in [4.78, 5) is 14.5. The number of amides is 1. The van der Waals surface area contributed by atoms with E-state index >= 15 is 0 Å². The molecule has 3 heteroatoms. The van der Waals surface area contributed by atoms with Crippen LogP contribution in [0.3, 0.4) is 0 Å². The highest BCUT2D eigenvalue weighted by molar-refractivity contribution is 5.89. The highest BCUT2D eigenvalue weighted by Gasteiger charge is 2.51. The summed E-state index contributed by atoms with van der Waals surface area (Å²) in [6.45, 7) is 5.43. The van der Waals surface area contributed by atoms with Crippen LogP contribution >= 0.6 is 0 Å². The first-order valence-electron chi connectivity index (χ1n) is 6.67. The fraction of sp³-hybridized carbons (Fsp3) is 0.533. The van der Waals surface area contributed by atoms with E-state index in [1.807, 2.05) is 49.1 Å². The van der Waals surface area contributed by atoms with E-state index in [2.05, 4.69) is 0 Å². The van der Waals surface area contributed by atoms with Gasteiger partial charge in [-0.25, -0.2) is 0 Å². The molecule has 1 fully saturated rings. The van der Waals surface area contributed by atoms with Crippen LogP contribution in [0.1, 0.15) is 32.3 Å². The van der Waals surface area contributed by atoms with E-state index in [-0.39, 0.29) is 12.0 Å². The Morgan fingerprint density at radius 1 is 1.28 bits per heavy atom. The van der Waals surface area contributed by atoms with E-state index in [1.54, 1.807) is 0 Å². The molecule has 1 saturated carbocycles. The lowest BCUT2D eigenvalue weighted by Gasteiger charge is -2.46. The molecule has 98 valence electrons. The first-order chi connectivity index (χ1) is 8.64. The lowest BCUT2D eigenvalue weighted by atomic mass is 9.62. The summed E-state index contributed by atoms with van der Waals surface area (Å²) in [5.41, 5.74) is 0.541. The molecule has 0 bridgehead atoms. The second kappa shape index (κ2) is 5.11. The number of aliphatic hydroxyl groups excluding tert-OH is 1. The summed E-state index contributed by atoms with van der Waals surface area (Å²) in [5.74, 6) is 0.156. The summed E-state index contributed by atoms with van der Waals surface area (Å²) in [7, 11) is 0. The molecule has 0 unspecified atom stereocenters. The fourth-order valence-electron chi connectivity index (χ4n) is 2.85. The van der Waals surface area contributed by atoms with Gasteiger partial charge in [-0.1, -0.05) is 30.3 Å². The Morgan fingerprint density at radius 2 is 1.83 bits per heavy atom. The third-order valence-electron chi connectivity index (χ3n) is 3.95. The number of nitrogens with zero attached hydrogens (tertiary/aromatic N) is 1. The Hall–Kier alpha value is -1.35. The van der Waals surface area contributed by atoms with Crippen molar-refractivity contribution in [3.05, 3.63) is 35.9 Å². The van der Waals surface area contributed by atoms with Gasteiger partial charge in [-0.3, -0.25) is 4.79 Å². The number of likely N-dealkylation sites (N-methyl/N-ethyl adjacent to an activating group) is 1. The van der Waals surface area contributed by atoms with E-state index in [9.17, 15) is 9.90 Å². The Bertz CT molecular complexity index is 406. The number of aliphatic hydroxyl groups is 1. The van der Waals surface area contributed by atoms with Crippen LogP contribution in [0.25, 0.3) is 0 Å². The van der Waals surface area contributed by atoms with Crippen molar-refractivity contribution in [3.8, 4) is 0 Å². The first-order valence-corrected chi connectivity index (χ1v) is 6.67. The van der Waals surface area contributed by atoms with Crippen molar-refractivity contribution >= 4 is 5.91 Å². The van der Waals surface area contributed by atoms with Crippen LogP contribution in [-0.2, 0) is 10.2 Å². The summed E-state index contributed by atoms with van der Waals surface area (Å²) in [5, 5.41) is 9.65. The fourth-order valence-corrected chi connectivity index (χ4v) is 2.85. The van der Waals surface area contributed by atoms with Crippen molar-refractivity contribution in [2.45, 2.75) is 38.2 Å². The second-order valence-corrected chi connectivity index (χ2v) is 4.99. The van der Waals surface area contributed by atoms with Crippen molar-refractivity contribution in [2.75, 3.05) is 13.1 Å². The summed E-state index contributed by atoms with van der Waals surface area (Å²) >= 11 is 0. The average Bonchev–Trinajstić information content (AvgIpc) is 2.37. The highest BCUT2D eigenvalue weighted by atomic mass is 16.3. The number of carbonyl (C=O) groups is 1. The summed E-state index contributed by atoms with van der Waals surface area (Å²) < 4.78 is 0. The van der Waals surface area contributed by atoms with E-state index in [0.717, 1.165) is 18.7 Å². The second-order valence-electron chi connectivity index (χ2n) is 4.99. The molecule has 1 amide bonds. The van der Waals surface area contributed by atoms with Gasteiger partial charge in [0, 0.05) is 13.1 Å². The molecule has 0 saturated heterocycles. The molecule has 1 aromatic carbocycles. The minimum absolute atomic E-state index is 0.156. The molecule has 0 atom stereocenters. The van der Waals surface area contributed by atoms with Crippen LogP contribution in [0.4, 0.5) is 0 Å². The highest BCUT2D eigenvalue weighted by Crippen LogP contribution is 2.45. The zero-order chi connectivity index (χ0) is 13.2. The largest absolute Gasteiger partial charge is 0.393 e. The SMILES string of the molecule is CCN(CC)C(=O)[C@]1(c2ccccc2)C[C@H](O)C1. The van der Waals surface area contributed by atoms with Gasteiger partial charge >= 0.3 is 0 Å². The Morgan fingerprint density at radius 3 is 2.28 bits per heavy atom. The van der Waals surface area contributed by atoms with E-state index in [4.69, 9.17) is 0 Å². The van der Waals surface area contributed by atoms with Crippen molar-refractivity contribution in [1.29, 1.82) is 0 Å². The van der Waals surface area contributed by atoms with Crippen molar-refractivity contribution in [3.63, 3.8) is 0 Å². The molecule has 2 rings (SSSR count). The topological polar surface area (TPSA) is 40.5 Å². The molecular weight excluding hydrogens is 226 g/mol. The van der Waals surface area contributed by atoms with Gasteiger partial charge in [-0.15, -0.1) is 0 Å². The van der Waals surface area contributed by atoms with E-state index in [0.29, 0.717) is 12.8 Å². The van der Waals surface area contributed by atoms with Gasteiger partial charge < -0.3 is 10.0 Å². The Kier molecular flexibility index (Phi) is 3.71. The van der Waals surface area contributed by atoms with E-state index in [1.165, 1.54) is 0 Å². The molecule has 1 aliphatic carbocycles. The third-order valence-corrected chi connectivity index (χ3v) is 3.95. The zero-order valence-corrected chi connectivity index (χ0v) is 11.1. The molecule has 1 N–H and O–H groups in total. The Balaban J connectivity index is 2.31. The van der Waals surface area contributed by atoms with Crippen LogP contribution in [0.2, 0.25) is 0 Å². The van der Waals surface area contributed by atoms with Crippen LogP contribution in [0.5, 0.6) is 0 Å². The molecule has 1 aromatic rings. The van der Waals surface area contributed by atoms with Crippen molar-refractivity contribution in [1.82, 2.24) is 4.90 Å². The standard InChI is InChI=1S/C15H21NO2/c1-3-16(4-2)14(18)15(10-13(17)11-15)12-8-6-5-7-9-12/h5-9,13,17H,3-4,10-11H2,1-2H3/t13-,15+. The normalized spacial score (nSPS) is 26.5. The Labute approximate surface area is 108 Å². The number of rotatable bonds is 4. The molecule has 0 spiro atoms. The van der Waals surface area contributed by atoms with Gasteiger partial charge in [-0.05, 0) is 32.3 Å². The molecule has 0 aliphatic heterocycles. The van der Waals surface area contributed by atoms with Crippen LogP contribution < -0.4 is 0 Å². The third kappa shape index (κ3) is 2.03. The van der Waals surface area contributed by atoms with Gasteiger partial charge in [0.2, 0.25) is 5.91 Å². The average molecular weight is 247 g/mol. The van der Waals surface area contributed by atoms with Gasteiger partial charge in [0.25, 0.3) is 0 Å². The van der Waals surface area contributed by atoms with Crippen LogP contribution in [0.15, 0.2) is 30.3 Å². The maximum atomic E-state index is 12.7. The van der Waals surface area contributed by atoms with Gasteiger partial charge in [0.15, 0.2) is 0 Å². The number of benzene rings is 1. The quantitative estimate of drug-likeness (QED) is 0.883. The number of carbonyl (C=O) groups excluding carboxylic acids is 1. The molecular formula is C15H21NO2. The molecule has 0 aromatic heterocycles. The van der Waals surface area contributed by atoms with Crippen LogP contribution in [-0.4, -0.2) is 35.1 Å². The molecule has 1 aliphatic rings. The maximum Gasteiger partial charge on any atom is 0.233 e. The van der Waals surface area contributed by atoms with Crippen LogP contribution in [0, 0.1) is 0 Å². The molecule has 0 radical (unpaired) electrons. The van der Waals surface area contributed by atoms with Gasteiger partial charge in [0.05, 0.1) is 11.5 Å².